The summed E-state index contributed by atoms with van der Waals surface area (Å²) in [5.41, 5.74) is 2.15. The van der Waals surface area contributed by atoms with Crippen LogP contribution in [0.25, 0.3) is 11.0 Å². The predicted molar refractivity (Wildman–Crippen MR) is 68.6 cm³/mol. The Bertz CT molecular complexity index is 803. The van der Waals surface area contributed by atoms with E-state index in [1.165, 1.54) is 15.6 Å². The molecule has 0 spiro atoms. The highest BCUT2D eigenvalue weighted by atomic mass is 16.1. The molecule has 0 atom stereocenters. The topological polar surface area (TPSA) is 78.5 Å². The summed E-state index contributed by atoms with van der Waals surface area (Å²) in [6.07, 6.45) is 3.22. The summed E-state index contributed by atoms with van der Waals surface area (Å²) in [5, 5.41) is 12.4. The molecule has 0 radical (unpaired) electrons. The van der Waals surface area contributed by atoms with Crippen LogP contribution in [0, 0.1) is 6.92 Å². The number of aromatic nitrogens is 6. The van der Waals surface area contributed by atoms with E-state index in [1.807, 2.05) is 19.1 Å². The Hall–Kier alpha value is -2.57. The minimum atomic E-state index is -0.207. The summed E-state index contributed by atoms with van der Waals surface area (Å²) in [5.74, 6) is 0. The van der Waals surface area contributed by atoms with Gasteiger partial charge >= 0.3 is 0 Å². The zero-order valence-corrected chi connectivity index (χ0v) is 10.6. The third-order valence-electron chi connectivity index (χ3n) is 2.90. The highest BCUT2D eigenvalue weighted by Crippen LogP contribution is 2.04. The molecule has 3 rings (SSSR count). The van der Waals surface area contributed by atoms with Crippen LogP contribution in [0.1, 0.15) is 11.3 Å². The van der Waals surface area contributed by atoms with Crippen molar-refractivity contribution < 1.29 is 0 Å². The van der Waals surface area contributed by atoms with Gasteiger partial charge in [-0.1, -0.05) is 5.21 Å². The van der Waals surface area contributed by atoms with E-state index in [0.717, 1.165) is 11.3 Å². The maximum absolute atomic E-state index is 12.2. The zero-order chi connectivity index (χ0) is 13.4. The summed E-state index contributed by atoms with van der Waals surface area (Å²) >= 11 is 0. The molecule has 0 aliphatic carbocycles. The van der Waals surface area contributed by atoms with Crippen LogP contribution in [0.3, 0.4) is 0 Å². The molecule has 0 saturated heterocycles. The molecule has 7 heteroatoms. The molecular formula is C12H12N6O. The molecular weight excluding hydrogens is 244 g/mol. The van der Waals surface area contributed by atoms with Crippen LogP contribution in [0.5, 0.6) is 0 Å². The fourth-order valence-electron chi connectivity index (χ4n) is 1.92. The fraction of sp³-hybridized carbons (Fsp3) is 0.250. The van der Waals surface area contributed by atoms with Gasteiger partial charge in [0.15, 0.2) is 5.65 Å². The Morgan fingerprint density at radius 2 is 2.21 bits per heavy atom. The second-order valence-electron chi connectivity index (χ2n) is 4.38. The van der Waals surface area contributed by atoms with E-state index in [9.17, 15) is 4.79 Å². The van der Waals surface area contributed by atoms with Crippen LogP contribution in [-0.2, 0) is 13.6 Å². The van der Waals surface area contributed by atoms with Crippen molar-refractivity contribution in [2.24, 2.45) is 7.05 Å². The van der Waals surface area contributed by atoms with Gasteiger partial charge in [-0.3, -0.25) is 9.78 Å². The second kappa shape index (κ2) is 4.27. The maximum atomic E-state index is 12.2. The third kappa shape index (κ3) is 1.99. The summed E-state index contributed by atoms with van der Waals surface area (Å²) in [6, 6.07) is 3.82. The van der Waals surface area contributed by atoms with E-state index in [0.29, 0.717) is 17.6 Å². The van der Waals surface area contributed by atoms with Gasteiger partial charge in [0.25, 0.3) is 5.56 Å². The number of nitrogens with zero attached hydrogens (tertiary/aromatic N) is 6. The van der Waals surface area contributed by atoms with E-state index in [2.05, 4.69) is 20.4 Å². The SMILES string of the molecule is Cc1ccnc(Cn2nnc3c(cnn3C)c2=O)c1. The minimum absolute atomic E-state index is 0.207. The standard InChI is InChI=1S/C12H12N6O/c1-8-3-4-13-9(5-8)7-18-12(19)10-6-14-17(2)11(10)15-16-18/h3-6H,7H2,1-2H3. The largest absolute Gasteiger partial charge is 0.281 e. The van der Waals surface area contributed by atoms with E-state index >= 15 is 0 Å². The average molecular weight is 256 g/mol. The molecule has 0 aliphatic rings. The van der Waals surface area contributed by atoms with Crippen LogP contribution in [-0.4, -0.2) is 29.8 Å². The fourth-order valence-corrected chi connectivity index (χ4v) is 1.92. The van der Waals surface area contributed by atoms with Crippen LogP contribution in [0.4, 0.5) is 0 Å². The predicted octanol–water partition coefficient (Wildman–Crippen LogP) is 0.277. The number of rotatable bonds is 2. The van der Waals surface area contributed by atoms with E-state index in [1.54, 1.807) is 13.2 Å². The molecule has 0 fully saturated rings. The molecule has 7 nitrogen and oxygen atoms in total. The van der Waals surface area contributed by atoms with Gasteiger partial charge in [0.2, 0.25) is 0 Å². The molecule has 0 N–H and O–H groups in total. The maximum Gasteiger partial charge on any atom is 0.281 e. The summed E-state index contributed by atoms with van der Waals surface area (Å²) < 4.78 is 2.82. The van der Waals surface area contributed by atoms with Gasteiger partial charge in [0, 0.05) is 13.2 Å². The molecule has 0 bridgehead atoms. The summed E-state index contributed by atoms with van der Waals surface area (Å²) in [7, 11) is 1.73. The molecule has 0 saturated carbocycles. The van der Waals surface area contributed by atoms with Gasteiger partial charge in [-0.25, -0.2) is 9.36 Å². The average Bonchev–Trinajstić information content (AvgIpc) is 2.76. The van der Waals surface area contributed by atoms with Gasteiger partial charge in [0.05, 0.1) is 18.4 Å². The van der Waals surface area contributed by atoms with Gasteiger partial charge < -0.3 is 0 Å². The molecule has 0 aromatic carbocycles. The van der Waals surface area contributed by atoms with E-state index in [4.69, 9.17) is 0 Å². The van der Waals surface area contributed by atoms with E-state index in [-0.39, 0.29) is 5.56 Å². The van der Waals surface area contributed by atoms with Crippen LogP contribution in [0.2, 0.25) is 0 Å². The van der Waals surface area contributed by atoms with Crippen molar-refractivity contribution in [1.29, 1.82) is 0 Å². The lowest BCUT2D eigenvalue weighted by atomic mass is 10.2. The molecule has 0 aliphatic heterocycles. The molecule has 0 amide bonds. The lowest BCUT2D eigenvalue weighted by Crippen LogP contribution is -2.25. The smallest absolute Gasteiger partial charge is 0.267 e. The quantitative estimate of drug-likeness (QED) is 0.658. The van der Waals surface area contributed by atoms with Gasteiger partial charge in [-0.05, 0) is 24.6 Å². The first kappa shape index (κ1) is 11.5. The monoisotopic (exact) mass is 256 g/mol. The van der Waals surface area contributed by atoms with Crippen molar-refractivity contribution >= 4 is 11.0 Å². The van der Waals surface area contributed by atoms with Gasteiger partial charge in [-0.15, -0.1) is 5.10 Å². The Labute approximate surface area is 108 Å². The molecule has 3 aromatic heterocycles. The number of hydrogen-bond acceptors (Lipinski definition) is 5. The number of fused-ring (bicyclic) bond motifs is 1. The lowest BCUT2D eigenvalue weighted by Gasteiger charge is -2.03. The summed E-state index contributed by atoms with van der Waals surface area (Å²) in [4.78, 5) is 16.4. The lowest BCUT2D eigenvalue weighted by molar-refractivity contribution is 0.587. The van der Waals surface area contributed by atoms with E-state index < -0.39 is 0 Å². The Morgan fingerprint density at radius 1 is 1.37 bits per heavy atom. The first-order valence-corrected chi connectivity index (χ1v) is 5.82. The first-order valence-electron chi connectivity index (χ1n) is 5.82. The Balaban J connectivity index is 2.06. The van der Waals surface area contributed by atoms with Crippen molar-refractivity contribution in [2.75, 3.05) is 0 Å². The molecule has 3 aromatic rings. The molecule has 96 valence electrons. The van der Waals surface area contributed by atoms with Crippen LogP contribution >= 0.6 is 0 Å². The number of hydrogen-bond donors (Lipinski definition) is 0. The molecule has 19 heavy (non-hydrogen) atoms. The third-order valence-corrected chi connectivity index (χ3v) is 2.90. The van der Waals surface area contributed by atoms with Crippen LogP contribution in [0.15, 0.2) is 29.3 Å². The number of aryl methyl sites for hydroxylation is 2. The van der Waals surface area contributed by atoms with Gasteiger partial charge in [-0.2, -0.15) is 5.10 Å². The number of pyridine rings is 1. The first-order chi connectivity index (χ1) is 9.15. The minimum Gasteiger partial charge on any atom is -0.267 e. The highest BCUT2D eigenvalue weighted by molar-refractivity contribution is 5.72. The Morgan fingerprint density at radius 3 is 3.00 bits per heavy atom. The second-order valence-corrected chi connectivity index (χ2v) is 4.38. The van der Waals surface area contributed by atoms with Crippen molar-refractivity contribution in [2.45, 2.75) is 13.5 Å². The van der Waals surface area contributed by atoms with Crippen molar-refractivity contribution in [3.63, 3.8) is 0 Å². The Kier molecular flexibility index (Phi) is 2.59. The van der Waals surface area contributed by atoms with Crippen LogP contribution < -0.4 is 5.56 Å². The van der Waals surface area contributed by atoms with Crippen molar-refractivity contribution in [3.8, 4) is 0 Å². The molecule has 3 heterocycles. The molecule has 0 unspecified atom stereocenters. The van der Waals surface area contributed by atoms with Gasteiger partial charge in [0.1, 0.15) is 5.39 Å². The normalized spacial score (nSPS) is 11.1. The zero-order valence-electron chi connectivity index (χ0n) is 10.6. The summed E-state index contributed by atoms with van der Waals surface area (Å²) in [6.45, 7) is 2.28. The van der Waals surface area contributed by atoms with Crippen molar-refractivity contribution in [3.05, 3.63) is 46.1 Å². The van der Waals surface area contributed by atoms with Crippen molar-refractivity contribution in [1.82, 2.24) is 29.8 Å². The highest BCUT2D eigenvalue weighted by Gasteiger charge is 2.10.